The molecule has 140 valence electrons. The predicted molar refractivity (Wildman–Crippen MR) is 98.7 cm³/mol. The molecule has 2 amide bonds. The Kier molecular flexibility index (Phi) is 6.08. The van der Waals surface area contributed by atoms with Crippen molar-refractivity contribution in [3.63, 3.8) is 0 Å². The molecular weight excluding hydrogens is 356 g/mol. The number of ether oxygens (including phenoxy) is 1. The van der Waals surface area contributed by atoms with Crippen molar-refractivity contribution < 1.29 is 19.1 Å². The van der Waals surface area contributed by atoms with Gasteiger partial charge in [-0.05, 0) is 45.4 Å². The van der Waals surface area contributed by atoms with E-state index < -0.39 is 17.6 Å². The molecule has 7 heteroatoms. The van der Waals surface area contributed by atoms with Gasteiger partial charge < -0.3 is 15.0 Å². The highest BCUT2D eigenvalue weighted by Gasteiger charge is 2.43. The Morgan fingerprint density at radius 2 is 1.88 bits per heavy atom. The summed E-state index contributed by atoms with van der Waals surface area (Å²) in [6, 6.07) is 7.96. The van der Waals surface area contributed by atoms with Gasteiger partial charge in [0.2, 0.25) is 0 Å². The first kappa shape index (κ1) is 20.0. The van der Waals surface area contributed by atoms with Gasteiger partial charge in [-0.15, -0.1) is 11.6 Å². The molecule has 0 bridgehead atoms. The lowest BCUT2D eigenvalue weighted by Gasteiger charge is -2.40. The number of alkyl halides is 1. The van der Waals surface area contributed by atoms with Crippen LogP contribution in [-0.2, 0) is 14.3 Å². The highest BCUT2D eigenvalue weighted by molar-refractivity contribution is 6.20. The van der Waals surface area contributed by atoms with E-state index in [0.717, 1.165) is 0 Å². The van der Waals surface area contributed by atoms with Gasteiger partial charge in [0.05, 0.1) is 6.54 Å². The first-order valence-corrected chi connectivity index (χ1v) is 8.84. The zero-order valence-corrected chi connectivity index (χ0v) is 16.1. The number of esters is 1. The highest BCUT2D eigenvalue weighted by atomic mass is 35.5. The van der Waals surface area contributed by atoms with E-state index in [1.807, 2.05) is 0 Å². The largest absolute Gasteiger partial charge is 0.455 e. The van der Waals surface area contributed by atoms with E-state index in [2.05, 4.69) is 5.32 Å². The van der Waals surface area contributed by atoms with Crippen LogP contribution in [0.5, 0.6) is 0 Å². The number of hydrogen-bond donors (Lipinski definition) is 1. The number of nitrogens with zero attached hydrogens (tertiary/aromatic N) is 1. The molecule has 1 saturated heterocycles. The Hall–Kier alpha value is -2.34. The summed E-state index contributed by atoms with van der Waals surface area (Å²) in [5.74, 6) is -1.20. The van der Waals surface area contributed by atoms with Crippen LogP contribution in [0.4, 0.5) is 0 Å². The van der Waals surface area contributed by atoms with Crippen LogP contribution in [0.15, 0.2) is 41.6 Å². The first-order chi connectivity index (χ1) is 12.1. The molecule has 1 heterocycles. The van der Waals surface area contributed by atoms with Gasteiger partial charge in [0.25, 0.3) is 11.8 Å². The summed E-state index contributed by atoms with van der Waals surface area (Å²) in [4.78, 5) is 38.4. The van der Waals surface area contributed by atoms with Gasteiger partial charge in [0, 0.05) is 11.4 Å². The van der Waals surface area contributed by atoms with Crippen molar-refractivity contribution in [3.05, 3.63) is 47.2 Å². The third-order valence-corrected chi connectivity index (χ3v) is 4.14. The second-order valence-corrected chi connectivity index (χ2v) is 7.37. The summed E-state index contributed by atoms with van der Waals surface area (Å²) in [5.41, 5.74) is 0.467. The Labute approximate surface area is 158 Å². The van der Waals surface area contributed by atoms with Crippen molar-refractivity contribution in [2.24, 2.45) is 0 Å². The molecule has 0 radical (unpaired) electrons. The number of likely N-dealkylation sites (tertiary alicyclic amines) is 1. The average molecular weight is 379 g/mol. The van der Waals surface area contributed by atoms with E-state index in [1.165, 1.54) is 4.90 Å². The molecule has 2 rings (SSSR count). The number of rotatable bonds is 5. The zero-order valence-electron chi connectivity index (χ0n) is 15.3. The molecule has 1 aromatic rings. The van der Waals surface area contributed by atoms with Gasteiger partial charge in [-0.1, -0.05) is 18.2 Å². The number of β-lactam (4-membered cyclic amide) rings is 1. The molecule has 1 N–H and O–H groups in total. The molecule has 1 aliphatic rings. The third-order valence-electron chi connectivity index (χ3n) is 3.74. The lowest BCUT2D eigenvalue weighted by molar-refractivity contribution is -0.157. The number of nitrogens with one attached hydrogen (secondary N) is 1. The van der Waals surface area contributed by atoms with Gasteiger partial charge in [0.1, 0.15) is 17.3 Å². The summed E-state index contributed by atoms with van der Waals surface area (Å²) in [7, 11) is 0. The molecule has 0 spiro atoms. The topological polar surface area (TPSA) is 75.7 Å². The number of halogens is 1. The molecule has 1 fully saturated rings. The number of carbonyl (C=O) groups is 3. The molecule has 1 aromatic carbocycles. The predicted octanol–water partition coefficient (Wildman–Crippen LogP) is 2.48. The second-order valence-electron chi connectivity index (χ2n) is 7.11. The normalized spacial score (nSPS) is 18.0. The van der Waals surface area contributed by atoms with Gasteiger partial charge in [0.15, 0.2) is 0 Å². The maximum Gasteiger partial charge on any atom is 0.355 e. The zero-order chi connectivity index (χ0) is 19.5. The van der Waals surface area contributed by atoms with E-state index >= 15 is 0 Å². The highest BCUT2D eigenvalue weighted by Crippen LogP contribution is 2.24. The molecule has 1 unspecified atom stereocenters. The SMILES string of the molecule is C/C(CCl)=C(\C(=O)OC(C)(C)C)N1CC(NC(=O)c2ccccc2)C1=O. The molecule has 6 nitrogen and oxygen atoms in total. The maximum atomic E-state index is 12.5. The number of amides is 2. The lowest BCUT2D eigenvalue weighted by Crippen LogP contribution is -2.64. The quantitative estimate of drug-likeness (QED) is 0.369. The van der Waals surface area contributed by atoms with Crippen LogP contribution >= 0.6 is 11.6 Å². The molecule has 0 aliphatic carbocycles. The minimum Gasteiger partial charge on any atom is -0.455 e. The minimum atomic E-state index is -0.691. The molecular formula is C19H23ClN2O4. The fourth-order valence-corrected chi connectivity index (χ4v) is 2.60. The third kappa shape index (κ3) is 4.64. The van der Waals surface area contributed by atoms with Crippen LogP contribution in [0.3, 0.4) is 0 Å². The summed E-state index contributed by atoms with van der Waals surface area (Å²) in [6.07, 6.45) is 0. The van der Waals surface area contributed by atoms with Gasteiger partial charge >= 0.3 is 5.97 Å². The van der Waals surface area contributed by atoms with Gasteiger partial charge in [-0.25, -0.2) is 4.79 Å². The minimum absolute atomic E-state index is 0.0966. The molecule has 0 aromatic heterocycles. The maximum absolute atomic E-state index is 12.5. The van der Waals surface area contributed by atoms with Crippen LogP contribution in [0.1, 0.15) is 38.1 Å². The van der Waals surface area contributed by atoms with Gasteiger partial charge in [-0.3, -0.25) is 9.59 Å². The van der Waals surface area contributed by atoms with E-state index in [4.69, 9.17) is 16.3 Å². The number of carbonyl (C=O) groups excluding carboxylic acids is 3. The van der Waals surface area contributed by atoms with Crippen molar-refractivity contribution in [1.29, 1.82) is 0 Å². The molecule has 0 saturated carbocycles. The van der Waals surface area contributed by atoms with Crippen molar-refractivity contribution in [2.75, 3.05) is 12.4 Å². The fourth-order valence-electron chi connectivity index (χ4n) is 2.47. The van der Waals surface area contributed by atoms with Crippen LogP contribution in [-0.4, -0.2) is 46.8 Å². The smallest absolute Gasteiger partial charge is 0.355 e. The van der Waals surface area contributed by atoms with Crippen LogP contribution < -0.4 is 5.32 Å². The van der Waals surface area contributed by atoms with Crippen LogP contribution in [0.25, 0.3) is 0 Å². The molecule has 1 atom stereocenters. The Bertz CT molecular complexity index is 738. The van der Waals surface area contributed by atoms with Gasteiger partial charge in [-0.2, -0.15) is 0 Å². The van der Waals surface area contributed by atoms with Crippen molar-refractivity contribution >= 4 is 29.4 Å². The van der Waals surface area contributed by atoms with E-state index in [9.17, 15) is 14.4 Å². The molecule has 26 heavy (non-hydrogen) atoms. The second kappa shape index (κ2) is 7.91. The summed E-state index contributed by atoms with van der Waals surface area (Å²) in [6.45, 7) is 7.12. The van der Waals surface area contributed by atoms with Crippen LogP contribution in [0, 0.1) is 0 Å². The number of allylic oxidation sites excluding steroid dienone is 1. The van der Waals surface area contributed by atoms with Crippen LogP contribution in [0.2, 0.25) is 0 Å². The number of benzene rings is 1. The summed E-state index contributed by atoms with van der Waals surface area (Å²) in [5, 5.41) is 2.67. The fraction of sp³-hybridized carbons (Fsp3) is 0.421. The summed E-state index contributed by atoms with van der Waals surface area (Å²) < 4.78 is 5.38. The first-order valence-electron chi connectivity index (χ1n) is 8.30. The lowest BCUT2D eigenvalue weighted by atomic mass is 10.0. The number of hydrogen-bond acceptors (Lipinski definition) is 4. The Morgan fingerprint density at radius 1 is 1.27 bits per heavy atom. The van der Waals surface area contributed by atoms with Crippen molar-refractivity contribution in [2.45, 2.75) is 39.3 Å². The van der Waals surface area contributed by atoms with Crippen molar-refractivity contribution in [1.82, 2.24) is 10.2 Å². The summed E-state index contributed by atoms with van der Waals surface area (Å²) >= 11 is 5.86. The van der Waals surface area contributed by atoms with E-state index in [-0.39, 0.29) is 29.9 Å². The standard InChI is InChI=1S/C19H23ClN2O4/c1-12(10-20)15(18(25)26-19(2,3)4)22-11-14(17(22)24)21-16(23)13-8-6-5-7-9-13/h5-9,14H,10-11H2,1-4H3,(H,21,23)/b15-12-. The monoisotopic (exact) mass is 378 g/mol. The van der Waals surface area contributed by atoms with E-state index in [0.29, 0.717) is 11.1 Å². The Morgan fingerprint density at radius 3 is 2.38 bits per heavy atom. The average Bonchev–Trinajstić information content (AvgIpc) is 2.58. The van der Waals surface area contributed by atoms with Crippen molar-refractivity contribution in [3.8, 4) is 0 Å². The molecule has 1 aliphatic heterocycles. The Balaban J connectivity index is 2.08. The van der Waals surface area contributed by atoms with E-state index in [1.54, 1.807) is 58.0 Å².